The number of nitrogens with zero attached hydrogens (tertiary/aromatic N) is 2. The highest BCUT2D eigenvalue weighted by molar-refractivity contribution is 6.42. The van der Waals surface area contributed by atoms with E-state index in [1.807, 2.05) is 29.2 Å². The molecular formula is C33H38Cl2N4O5. The van der Waals surface area contributed by atoms with Crippen molar-refractivity contribution in [3.63, 3.8) is 0 Å². The predicted molar refractivity (Wildman–Crippen MR) is 170 cm³/mol. The van der Waals surface area contributed by atoms with Gasteiger partial charge in [-0.15, -0.1) is 0 Å². The van der Waals surface area contributed by atoms with E-state index in [2.05, 4.69) is 12.2 Å². The standard InChI is InChI=1S/C33H38Cl2N4O5/c1-5-33(22-11-14-37-19-22)29(20-9-10-23(34)24(35)16-20)32(31(36)41,27-8-6-7-13-38-27)12-15-39(33)30(40)21-17-25(42-2)28(44-4)26(18-21)43-3/h6-10,13,16-18,22,29,37H,5,11-12,14-15,19H2,1-4H3,(H2,36,41). The minimum absolute atomic E-state index is 0.0271. The molecule has 2 fully saturated rings. The molecule has 4 atom stereocenters. The monoisotopic (exact) mass is 640 g/mol. The second kappa shape index (κ2) is 12.8. The Morgan fingerprint density at radius 3 is 2.30 bits per heavy atom. The number of aromatic nitrogens is 1. The zero-order chi connectivity index (χ0) is 31.6. The predicted octanol–water partition coefficient (Wildman–Crippen LogP) is 5.23. The summed E-state index contributed by atoms with van der Waals surface area (Å²) in [5.41, 5.74) is 6.01. The van der Waals surface area contributed by atoms with Gasteiger partial charge in [0.25, 0.3) is 5.91 Å². The number of amides is 2. The summed E-state index contributed by atoms with van der Waals surface area (Å²) < 4.78 is 16.7. The fourth-order valence-electron chi connectivity index (χ4n) is 7.65. The number of carbonyl (C=O) groups excluding carboxylic acids is 2. The van der Waals surface area contributed by atoms with Crippen molar-refractivity contribution in [2.75, 3.05) is 41.0 Å². The molecular weight excluding hydrogens is 603 g/mol. The number of ether oxygens (including phenoxy) is 3. The van der Waals surface area contributed by atoms with Crippen LogP contribution in [0.3, 0.4) is 0 Å². The van der Waals surface area contributed by atoms with Crippen molar-refractivity contribution < 1.29 is 23.8 Å². The third-order valence-corrected chi connectivity index (χ3v) is 10.3. The van der Waals surface area contributed by atoms with E-state index < -0.39 is 22.8 Å². The number of halogens is 2. The van der Waals surface area contributed by atoms with Crippen LogP contribution in [0.1, 0.15) is 53.7 Å². The Labute approximate surface area is 268 Å². The number of methoxy groups -OCH3 is 3. The van der Waals surface area contributed by atoms with Gasteiger partial charge < -0.3 is 30.2 Å². The normalized spacial score (nSPS) is 25.0. The van der Waals surface area contributed by atoms with Gasteiger partial charge in [-0.1, -0.05) is 42.3 Å². The molecule has 2 amide bonds. The quantitative estimate of drug-likeness (QED) is 0.329. The van der Waals surface area contributed by atoms with Gasteiger partial charge in [0.2, 0.25) is 11.7 Å². The van der Waals surface area contributed by atoms with Gasteiger partial charge in [-0.05, 0) is 73.7 Å². The molecule has 234 valence electrons. The molecule has 9 nitrogen and oxygen atoms in total. The summed E-state index contributed by atoms with van der Waals surface area (Å²) in [6, 6.07) is 14.3. The van der Waals surface area contributed by atoms with Crippen molar-refractivity contribution in [2.24, 2.45) is 11.7 Å². The summed E-state index contributed by atoms with van der Waals surface area (Å²) in [6.45, 7) is 3.76. The van der Waals surface area contributed by atoms with Gasteiger partial charge >= 0.3 is 0 Å². The Balaban J connectivity index is 1.81. The highest BCUT2D eigenvalue weighted by atomic mass is 35.5. The lowest BCUT2D eigenvalue weighted by atomic mass is 9.52. The van der Waals surface area contributed by atoms with Crippen LogP contribution in [0.2, 0.25) is 10.0 Å². The number of carbonyl (C=O) groups is 2. The molecule has 3 aromatic rings. The molecule has 0 saturated carbocycles. The molecule has 44 heavy (non-hydrogen) atoms. The molecule has 0 aliphatic carbocycles. The fraction of sp³-hybridized carbons (Fsp3) is 0.424. The molecule has 0 bridgehead atoms. The summed E-state index contributed by atoms with van der Waals surface area (Å²) in [5, 5.41) is 4.24. The van der Waals surface area contributed by atoms with E-state index in [1.165, 1.54) is 21.3 Å². The Kier molecular flexibility index (Phi) is 9.30. The summed E-state index contributed by atoms with van der Waals surface area (Å²) in [7, 11) is 4.55. The van der Waals surface area contributed by atoms with E-state index in [0.717, 1.165) is 18.5 Å². The maximum atomic E-state index is 14.9. The fourth-order valence-corrected chi connectivity index (χ4v) is 7.96. The van der Waals surface area contributed by atoms with Crippen molar-refractivity contribution in [2.45, 2.75) is 43.1 Å². The van der Waals surface area contributed by atoms with Crippen LogP contribution in [0, 0.1) is 5.92 Å². The third kappa shape index (κ3) is 5.04. The van der Waals surface area contributed by atoms with Crippen LogP contribution in [-0.4, -0.2) is 68.2 Å². The molecule has 3 heterocycles. The van der Waals surface area contributed by atoms with Crippen molar-refractivity contribution in [1.29, 1.82) is 0 Å². The van der Waals surface area contributed by atoms with Crippen LogP contribution in [0.15, 0.2) is 54.7 Å². The summed E-state index contributed by atoms with van der Waals surface area (Å²) >= 11 is 13.0. The molecule has 2 aromatic carbocycles. The highest BCUT2D eigenvalue weighted by Crippen LogP contribution is 2.58. The van der Waals surface area contributed by atoms with E-state index >= 15 is 0 Å². The molecule has 2 saturated heterocycles. The summed E-state index contributed by atoms with van der Waals surface area (Å²) in [5.74, 6) is -0.218. The van der Waals surface area contributed by atoms with E-state index in [-0.39, 0.29) is 24.8 Å². The van der Waals surface area contributed by atoms with Crippen LogP contribution in [0.5, 0.6) is 17.2 Å². The average Bonchev–Trinajstić information content (AvgIpc) is 3.60. The number of nitrogens with two attached hydrogens (primary N) is 1. The molecule has 0 spiro atoms. The van der Waals surface area contributed by atoms with E-state index in [9.17, 15) is 9.59 Å². The average molecular weight is 642 g/mol. The minimum Gasteiger partial charge on any atom is -0.493 e. The van der Waals surface area contributed by atoms with Gasteiger partial charge in [0.15, 0.2) is 11.5 Å². The first-order chi connectivity index (χ1) is 21.2. The Bertz CT molecular complexity index is 1510. The first-order valence-corrected chi connectivity index (χ1v) is 15.4. The zero-order valence-corrected chi connectivity index (χ0v) is 26.9. The summed E-state index contributed by atoms with van der Waals surface area (Å²) in [6.07, 6.45) is 3.25. The molecule has 1 aromatic heterocycles. The first kappa shape index (κ1) is 31.9. The number of piperidine rings is 1. The zero-order valence-electron chi connectivity index (χ0n) is 25.4. The first-order valence-electron chi connectivity index (χ1n) is 14.7. The number of hydrogen-bond donors (Lipinski definition) is 2. The number of pyridine rings is 1. The van der Waals surface area contributed by atoms with Gasteiger partial charge in [0.1, 0.15) is 5.41 Å². The van der Waals surface area contributed by atoms with Crippen LogP contribution in [0.25, 0.3) is 0 Å². The number of nitrogens with one attached hydrogen (secondary N) is 1. The van der Waals surface area contributed by atoms with Gasteiger partial charge in [-0.25, -0.2) is 0 Å². The number of primary amides is 1. The van der Waals surface area contributed by atoms with Crippen molar-refractivity contribution in [1.82, 2.24) is 15.2 Å². The molecule has 4 unspecified atom stereocenters. The smallest absolute Gasteiger partial charge is 0.254 e. The van der Waals surface area contributed by atoms with Crippen molar-refractivity contribution in [3.8, 4) is 17.2 Å². The highest BCUT2D eigenvalue weighted by Gasteiger charge is 2.64. The molecule has 3 N–H and O–H groups in total. The molecule has 5 rings (SSSR count). The van der Waals surface area contributed by atoms with Gasteiger partial charge in [-0.3, -0.25) is 14.6 Å². The topological polar surface area (TPSA) is 116 Å². The van der Waals surface area contributed by atoms with E-state index in [0.29, 0.717) is 51.5 Å². The molecule has 11 heteroatoms. The number of hydrogen-bond acceptors (Lipinski definition) is 7. The lowest BCUT2D eigenvalue weighted by Gasteiger charge is -2.61. The number of likely N-dealkylation sites (tertiary alicyclic amines) is 1. The summed E-state index contributed by atoms with van der Waals surface area (Å²) in [4.78, 5) is 35.5. The second-order valence-corrected chi connectivity index (χ2v) is 12.1. The van der Waals surface area contributed by atoms with Gasteiger partial charge in [0, 0.05) is 30.8 Å². The van der Waals surface area contributed by atoms with E-state index in [4.69, 9.17) is 48.1 Å². The lowest BCUT2D eigenvalue weighted by molar-refractivity contribution is -0.132. The lowest BCUT2D eigenvalue weighted by Crippen LogP contribution is -2.70. The van der Waals surface area contributed by atoms with Gasteiger partial charge in [0.05, 0.1) is 42.6 Å². The maximum Gasteiger partial charge on any atom is 0.254 e. The van der Waals surface area contributed by atoms with Crippen molar-refractivity contribution in [3.05, 3.63) is 81.6 Å². The Hall–Kier alpha value is -3.53. The second-order valence-electron chi connectivity index (χ2n) is 11.3. The number of benzene rings is 2. The van der Waals surface area contributed by atoms with Crippen LogP contribution >= 0.6 is 23.2 Å². The third-order valence-electron chi connectivity index (χ3n) is 9.55. The van der Waals surface area contributed by atoms with Crippen LogP contribution in [-0.2, 0) is 10.2 Å². The van der Waals surface area contributed by atoms with Gasteiger partial charge in [-0.2, -0.15) is 0 Å². The van der Waals surface area contributed by atoms with E-state index in [1.54, 1.807) is 30.5 Å². The maximum absolute atomic E-state index is 14.9. The van der Waals surface area contributed by atoms with Crippen LogP contribution < -0.4 is 25.3 Å². The Morgan fingerprint density at radius 1 is 1.05 bits per heavy atom. The minimum atomic E-state index is -1.25. The molecule has 2 aliphatic rings. The largest absolute Gasteiger partial charge is 0.493 e. The SMILES string of the molecule is CCC1(C2CCNC2)C(c2ccc(Cl)c(Cl)c2)C(C(N)=O)(c2ccccn2)CCN1C(=O)c1cc(OC)c(OC)c(OC)c1. The number of rotatable bonds is 9. The molecule has 0 radical (unpaired) electrons. The van der Waals surface area contributed by atoms with Crippen LogP contribution in [0.4, 0.5) is 0 Å². The Morgan fingerprint density at radius 2 is 1.77 bits per heavy atom. The van der Waals surface area contributed by atoms with Crippen molar-refractivity contribution >= 4 is 35.0 Å². The molecule has 2 aliphatic heterocycles.